The Kier molecular flexibility index (Phi) is 8.36. The number of carbonyl (C=O) groups excluding carboxylic acids is 3. The molecule has 0 aromatic heterocycles. The van der Waals surface area contributed by atoms with E-state index in [-0.39, 0.29) is 23.8 Å². The van der Waals surface area contributed by atoms with Crippen molar-refractivity contribution in [2.45, 2.75) is 82.6 Å². The number of fused-ring (bicyclic) bond motifs is 1. The highest BCUT2D eigenvalue weighted by Gasteiger charge is 2.72. The number of likely N-dealkylation sites (tertiary alicyclic amines) is 1. The van der Waals surface area contributed by atoms with E-state index in [1.807, 2.05) is 32.2 Å². The van der Waals surface area contributed by atoms with Crippen LogP contribution in [0.5, 0.6) is 0 Å². The number of aryl methyl sites for hydroxylation is 1. The van der Waals surface area contributed by atoms with Gasteiger partial charge < -0.3 is 25.2 Å². The lowest BCUT2D eigenvalue weighted by Crippen LogP contribution is -2.57. The van der Waals surface area contributed by atoms with Crippen molar-refractivity contribution in [1.82, 2.24) is 15.1 Å². The first-order valence-corrected chi connectivity index (χ1v) is 14.9. The lowest BCUT2D eigenvalue weighted by Gasteiger charge is -2.34. The molecule has 3 amide bonds. The molecule has 1 spiro atoms. The number of unbranched alkanes of at least 4 members (excludes halogenated alkanes) is 1. The van der Waals surface area contributed by atoms with Crippen molar-refractivity contribution in [3.63, 3.8) is 0 Å². The lowest BCUT2D eigenvalue weighted by molar-refractivity contribution is -0.141. The molecule has 0 unspecified atom stereocenters. The summed E-state index contributed by atoms with van der Waals surface area (Å²) in [6.07, 6.45) is 10.6. The molecule has 2 N–H and O–H groups in total. The number of hydrogen-bond acceptors (Lipinski definition) is 5. The Balaban J connectivity index is 1.40. The van der Waals surface area contributed by atoms with Gasteiger partial charge in [0.2, 0.25) is 17.7 Å². The van der Waals surface area contributed by atoms with Crippen LogP contribution >= 0.6 is 11.6 Å². The second-order valence-corrected chi connectivity index (χ2v) is 12.1. The van der Waals surface area contributed by atoms with Crippen LogP contribution in [0.15, 0.2) is 30.4 Å². The quantitative estimate of drug-likeness (QED) is 0.426. The molecule has 39 heavy (non-hydrogen) atoms. The van der Waals surface area contributed by atoms with E-state index in [4.69, 9.17) is 16.3 Å². The molecule has 9 heteroatoms. The number of ether oxygens (including phenoxy) is 1. The SMILES string of the molecule is CCCCN(C)CCN1C(=O)[C@@H]2[C@H](C(=O)Nc3ccc(C)c(Cl)c3)[C@@H]3C=C[C@@]2(O3)[C@H]1C(=O)NC1CCCCC1. The average Bonchev–Trinajstić information content (AvgIpc) is 3.56. The number of anilines is 1. The van der Waals surface area contributed by atoms with Gasteiger partial charge in [-0.25, -0.2) is 0 Å². The first-order valence-electron chi connectivity index (χ1n) is 14.5. The molecule has 1 aromatic rings. The van der Waals surface area contributed by atoms with Gasteiger partial charge in [-0.15, -0.1) is 0 Å². The summed E-state index contributed by atoms with van der Waals surface area (Å²) in [7, 11) is 2.04. The minimum atomic E-state index is -1.14. The van der Waals surface area contributed by atoms with Gasteiger partial charge in [0, 0.05) is 29.8 Å². The highest BCUT2D eigenvalue weighted by Crippen LogP contribution is 2.55. The number of amides is 3. The smallest absolute Gasteiger partial charge is 0.246 e. The van der Waals surface area contributed by atoms with Crippen molar-refractivity contribution < 1.29 is 19.1 Å². The van der Waals surface area contributed by atoms with Crippen molar-refractivity contribution in [2.75, 3.05) is 32.0 Å². The molecule has 3 aliphatic heterocycles. The maximum Gasteiger partial charge on any atom is 0.246 e. The van der Waals surface area contributed by atoms with Crippen molar-refractivity contribution in [3.05, 3.63) is 40.9 Å². The van der Waals surface area contributed by atoms with E-state index in [2.05, 4.69) is 22.5 Å². The van der Waals surface area contributed by atoms with Crippen molar-refractivity contribution >= 4 is 35.0 Å². The summed E-state index contributed by atoms with van der Waals surface area (Å²) in [5.41, 5.74) is 0.343. The summed E-state index contributed by atoms with van der Waals surface area (Å²) in [4.78, 5) is 45.5. The molecule has 2 bridgehead atoms. The Bertz CT molecular complexity index is 1140. The molecule has 4 aliphatic rings. The van der Waals surface area contributed by atoms with Crippen molar-refractivity contribution in [2.24, 2.45) is 11.8 Å². The van der Waals surface area contributed by atoms with E-state index >= 15 is 0 Å². The molecule has 212 valence electrons. The summed E-state index contributed by atoms with van der Waals surface area (Å²) in [6, 6.07) is 4.67. The molecular weight excluding hydrogens is 516 g/mol. The van der Waals surface area contributed by atoms with Gasteiger partial charge in [-0.3, -0.25) is 14.4 Å². The van der Waals surface area contributed by atoms with Crippen molar-refractivity contribution in [1.29, 1.82) is 0 Å². The molecule has 3 heterocycles. The van der Waals surface area contributed by atoms with Gasteiger partial charge in [-0.2, -0.15) is 0 Å². The summed E-state index contributed by atoms with van der Waals surface area (Å²) in [5, 5.41) is 6.75. The number of likely N-dealkylation sites (N-methyl/N-ethyl adjacent to an activating group) is 1. The second-order valence-electron chi connectivity index (χ2n) is 11.7. The normalized spacial score (nSPS) is 29.8. The highest BCUT2D eigenvalue weighted by molar-refractivity contribution is 6.31. The predicted molar refractivity (Wildman–Crippen MR) is 151 cm³/mol. The fourth-order valence-electron chi connectivity index (χ4n) is 6.75. The van der Waals surface area contributed by atoms with Crippen LogP contribution in [0.25, 0.3) is 0 Å². The number of halogens is 1. The Labute approximate surface area is 236 Å². The van der Waals surface area contributed by atoms with Crippen LogP contribution in [0.2, 0.25) is 5.02 Å². The summed E-state index contributed by atoms with van der Waals surface area (Å²) < 4.78 is 6.46. The van der Waals surface area contributed by atoms with Crippen LogP contribution < -0.4 is 10.6 Å². The zero-order valence-corrected chi connectivity index (χ0v) is 24.0. The fraction of sp³-hybridized carbons (Fsp3) is 0.633. The molecule has 1 aliphatic carbocycles. The Morgan fingerprint density at radius 3 is 2.67 bits per heavy atom. The highest BCUT2D eigenvalue weighted by atomic mass is 35.5. The van der Waals surface area contributed by atoms with E-state index < -0.39 is 29.6 Å². The van der Waals surface area contributed by atoms with E-state index in [1.165, 1.54) is 6.42 Å². The zero-order valence-electron chi connectivity index (χ0n) is 23.2. The molecule has 1 saturated carbocycles. The Morgan fingerprint density at radius 1 is 1.18 bits per heavy atom. The van der Waals surface area contributed by atoms with Gasteiger partial charge in [0.15, 0.2) is 0 Å². The molecule has 2 saturated heterocycles. The van der Waals surface area contributed by atoms with E-state index in [1.54, 1.807) is 17.0 Å². The number of rotatable bonds is 10. The molecule has 3 fully saturated rings. The minimum absolute atomic E-state index is 0.110. The van der Waals surface area contributed by atoms with Gasteiger partial charge in [0.1, 0.15) is 11.6 Å². The van der Waals surface area contributed by atoms with Crippen LogP contribution in [0.1, 0.15) is 57.4 Å². The number of nitrogens with zero attached hydrogens (tertiary/aromatic N) is 2. The van der Waals surface area contributed by atoms with Crippen molar-refractivity contribution in [3.8, 4) is 0 Å². The number of nitrogens with one attached hydrogen (secondary N) is 2. The molecule has 5 rings (SSSR count). The first-order chi connectivity index (χ1) is 18.7. The monoisotopic (exact) mass is 556 g/mol. The third kappa shape index (κ3) is 5.35. The standard InChI is InChI=1S/C30H41ClN4O4/c1-4-5-15-34(3)16-17-35-26(28(37)32-20-9-7-6-8-10-20)30-14-13-23(39-30)24(25(30)29(35)38)27(36)33-21-12-11-19(2)22(31)18-21/h11-14,18,20,23-26H,4-10,15-17H2,1-3H3,(H,32,37)(H,33,36)/t23-,24+,25-,26+,30-/m0/s1. The molecule has 8 nitrogen and oxygen atoms in total. The largest absolute Gasteiger partial charge is 0.359 e. The summed E-state index contributed by atoms with van der Waals surface area (Å²) in [5.74, 6) is -2.13. The van der Waals surface area contributed by atoms with E-state index in [0.29, 0.717) is 23.8 Å². The van der Waals surface area contributed by atoms with Crippen LogP contribution in [-0.4, -0.2) is 78.0 Å². The van der Waals surface area contributed by atoms with Gasteiger partial charge in [0.05, 0.1) is 17.9 Å². The maximum atomic E-state index is 14.1. The van der Waals surface area contributed by atoms with Crippen LogP contribution in [0.4, 0.5) is 5.69 Å². The van der Waals surface area contributed by atoms with Gasteiger partial charge >= 0.3 is 0 Å². The number of carbonyl (C=O) groups is 3. The Hall–Kier alpha value is -2.42. The summed E-state index contributed by atoms with van der Waals surface area (Å²) in [6.45, 7) is 6.03. The molecule has 1 aromatic carbocycles. The maximum absolute atomic E-state index is 14.1. The summed E-state index contributed by atoms with van der Waals surface area (Å²) >= 11 is 6.28. The van der Waals surface area contributed by atoms with Gasteiger partial charge in [0.25, 0.3) is 0 Å². The lowest BCUT2D eigenvalue weighted by atomic mass is 9.74. The number of benzene rings is 1. The second kappa shape index (κ2) is 11.6. The average molecular weight is 557 g/mol. The predicted octanol–water partition coefficient (Wildman–Crippen LogP) is 3.92. The van der Waals surface area contributed by atoms with Crippen LogP contribution in [0.3, 0.4) is 0 Å². The zero-order chi connectivity index (χ0) is 27.7. The van der Waals surface area contributed by atoms with Crippen LogP contribution in [-0.2, 0) is 19.1 Å². The van der Waals surface area contributed by atoms with Gasteiger partial charge in [-0.1, -0.05) is 62.4 Å². The topological polar surface area (TPSA) is 91.0 Å². The van der Waals surface area contributed by atoms with Gasteiger partial charge in [-0.05, 0) is 57.5 Å². The molecule has 0 radical (unpaired) electrons. The minimum Gasteiger partial charge on any atom is -0.359 e. The first kappa shape index (κ1) is 28.1. The third-order valence-electron chi connectivity index (χ3n) is 8.93. The third-order valence-corrected chi connectivity index (χ3v) is 9.34. The van der Waals surface area contributed by atoms with E-state index in [9.17, 15) is 14.4 Å². The van der Waals surface area contributed by atoms with Crippen LogP contribution in [0, 0.1) is 18.8 Å². The fourth-order valence-corrected chi connectivity index (χ4v) is 6.93. The van der Waals surface area contributed by atoms with E-state index in [0.717, 1.165) is 50.6 Å². The Morgan fingerprint density at radius 2 is 1.95 bits per heavy atom. The molecule has 5 atom stereocenters. The number of hydrogen-bond donors (Lipinski definition) is 2. The molecular formula is C30H41ClN4O4.